The lowest BCUT2D eigenvalue weighted by atomic mass is 9.86. The van der Waals surface area contributed by atoms with E-state index in [1.165, 1.54) is 11.1 Å². The van der Waals surface area contributed by atoms with Crippen LogP contribution in [0.5, 0.6) is 0 Å². The van der Waals surface area contributed by atoms with Gasteiger partial charge in [-0.05, 0) is 49.5 Å². The van der Waals surface area contributed by atoms with Crippen LogP contribution in [0.25, 0.3) is 11.3 Å². The van der Waals surface area contributed by atoms with Crippen molar-refractivity contribution in [1.82, 2.24) is 14.5 Å². The number of carbonyl (C=O) groups excluding carboxylic acids is 1. The summed E-state index contributed by atoms with van der Waals surface area (Å²) < 4.78 is 7.60. The largest absolute Gasteiger partial charge is 0.393 e. The van der Waals surface area contributed by atoms with Crippen LogP contribution < -0.4 is 0 Å². The Morgan fingerprint density at radius 2 is 1.93 bits per heavy atom. The van der Waals surface area contributed by atoms with Gasteiger partial charge < -0.3 is 19.3 Å². The summed E-state index contributed by atoms with van der Waals surface area (Å²) >= 11 is 0. The fraction of sp³-hybridized carbons (Fsp3) is 0.583. The molecule has 30 heavy (non-hydrogen) atoms. The Morgan fingerprint density at radius 3 is 2.73 bits per heavy atom. The number of piperidine rings is 1. The summed E-state index contributed by atoms with van der Waals surface area (Å²) in [6.45, 7) is 3.10. The number of fused-ring (bicyclic) bond motifs is 3. The average Bonchev–Trinajstić information content (AvgIpc) is 3.37. The van der Waals surface area contributed by atoms with Gasteiger partial charge in [-0.25, -0.2) is 4.98 Å². The minimum Gasteiger partial charge on any atom is -0.393 e. The maximum atomic E-state index is 12.7. The first-order valence-electron chi connectivity index (χ1n) is 11.4. The van der Waals surface area contributed by atoms with Crippen LogP contribution >= 0.6 is 0 Å². The quantitative estimate of drug-likeness (QED) is 0.823. The molecule has 1 amide bonds. The number of imidazole rings is 1. The zero-order valence-electron chi connectivity index (χ0n) is 17.4. The normalized spacial score (nSPS) is 23.2. The van der Waals surface area contributed by atoms with Gasteiger partial charge in [0, 0.05) is 38.3 Å². The molecule has 0 aliphatic carbocycles. The molecule has 160 valence electrons. The third kappa shape index (κ3) is 3.79. The molecule has 2 aromatic rings. The van der Waals surface area contributed by atoms with E-state index in [1.807, 2.05) is 17.4 Å². The van der Waals surface area contributed by atoms with Crippen molar-refractivity contribution in [2.45, 2.75) is 50.7 Å². The van der Waals surface area contributed by atoms with Crippen molar-refractivity contribution in [1.29, 1.82) is 0 Å². The summed E-state index contributed by atoms with van der Waals surface area (Å²) in [6.07, 6.45) is 8.53. The molecular formula is C24H31N3O3. The second-order valence-corrected chi connectivity index (χ2v) is 9.07. The van der Waals surface area contributed by atoms with Gasteiger partial charge in [-0.15, -0.1) is 0 Å². The first kappa shape index (κ1) is 19.8. The minimum atomic E-state index is -0.371. The second-order valence-electron chi connectivity index (χ2n) is 9.07. The van der Waals surface area contributed by atoms with E-state index >= 15 is 0 Å². The standard InChI is InChI=1S/C24H31N3O3/c28-23(14-21-19-3-1-2-4-20(19)22-15-25-16-27(21)22)18-5-9-26(10-6-18)24(29)13-17-7-11-30-12-8-17/h1-4,15-18,21,23,28H,5-14H2/t21-,23+/m0/s1. The molecule has 3 aliphatic rings. The molecule has 2 saturated heterocycles. The molecule has 6 heteroatoms. The van der Waals surface area contributed by atoms with Crippen LogP contribution in [-0.2, 0) is 9.53 Å². The van der Waals surface area contributed by atoms with Gasteiger partial charge in [0.15, 0.2) is 0 Å². The molecule has 2 atom stereocenters. The highest BCUT2D eigenvalue weighted by Gasteiger charge is 2.34. The van der Waals surface area contributed by atoms with Crippen LogP contribution in [0.1, 0.15) is 50.1 Å². The zero-order chi connectivity index (χ0) is 20.5. The van der Waals surface area contributed by atoms with E-state index in [-0.39, 0.29) is 24.0 Å². The molecule has 0 unspecified atom stereocenters. The zero-order valence-corrected chi connectivity index (χ0v) is 17.4. The van der Waals surface area contributed by atoms with Crippen LogP contribution in [0.15, 0.2) is 36.8 Å². The summed E-state index contributed by atoms with van der Waals surface area (Å²) in [7, 11) is 0. The molecule has 0 saturated carbocycles. The molecule has 1 aromatic heterocycles. The fourth-order valence-electron chi connectivity index (χ4n) is 5.45. The second kappa shape index (κ2) is 8.52. The van der Waals surface area contributed by atoms with Gasteiger partial charge >= 0.3 is 0 Å². The Hall–Kier alpha value is -2.18. The summed E-state index contributed by atoms with van der Waals surface area (Å²) in [5.74, 6) is 1.00. The first-order chi connectivity index (χ1) is 14.7. The number of amides is 1. The van der Waals surface area contributed by atoms with Gasteiger partial charge in [-0.3, -0.25) is 4.79 Å². The summed E-state index contributed by atoms with van der Waals surface area (Å²) in [6, 6.07) is 8.57. The van der Waals surface area contributed by atoms with Gasteiger partial charge in [-0.1, -0.05) is 24.3 Å². The van der Waals surface area contributed by atoms with Crippen LogP contribution in [0.4, 0.5) is 0 Å². The molecule has 1 N–H and O–H groups in total. The predicted octanol–water partition coefficient (Wildman–Crippen LogP) is 3.26. The number of benzene rings is 1. The molecule has 0 radical (unpaired) electrons. The number of carbonyl (C=O) groups is 1. The highest BCUT2D eigenvalue weighted by molar-refractivity contribution is 5.76. The van der Waals surface area contributed by atoms with Crippen LogP contribution in [0, 0.1) is 11.8 Å². The Morgan fingerprint density at radius 1 is 1.17 bits per heavy atom. The highest BCUT2D eigenvalue weighted by Crippen LogP contribution is 2.42. The molecule has 2 fully saturated rings. The van der Waals surface area contributed by atoms with E-state index in [9.17, 15) is 9.90 Å². The SMILES string of the molecule is O=C(CC1CCOCC1)N1CCC([C@H](O)C[C@H]2c3ccccc3-c3cncn32)CC1. The van der Waals surface area contributed by atoms with Crippen LogP contribution in [0.3, 0.4) is 0 Å². The van der Waals surface area contributed by atoms with Gasteiger partial charge in [0.05, 0.1) is 30.4 Å². The average molecular weight is 410 g/mol. The predicted molar refractivity (Wildman–Crippen MR) is 114 cm³/mol. The van der Waals surface area contributed by atoms with Crippen molar-refractivity contribution in [3.63, 3.8) is 0 Å². The molecule has 6 nitrogen and oxygen atoms in total. The van der Waals surface area contributed by atoms with Crippen LogP contribution in [-0.4, -0.2) is 57.9 Å². The van der Waals surface area contributed by atoms with Gasteiger partial charge in [0.1, 0.15) is 0 Å². The number of aliphatic hydroxyl groups is 1. The fourth-order valence-corrected chi connectivity index (χ4v) is 5.45. The molecule has 3 aliphatic heterocycles. The topological polar surface area (TPSA) is 67.6 Å². The third-order valence-electron chi connectivity index (χ3n) is 7.30. The van der Waals surface area contributed by atoms with E-state index in [0.717, 1.165) is 57.7 Å². The monoisotopic (exact) mass is 409 g/mol. The van der Waals surface area contributed by atoms with E-state index in [2.05, 4.69) is 33.8 Å². The smallest absolute Gasteiger partial charge is 0.222 e. The number of aromatic nitrogens is 2. The van der Waals surface area contributed by atoms with E-state index in [0.29, 0.717) is 18.8 Å². The Labute approximate surface area is 177 Å². The van der Waals surface area contributed by atoms with Crippen LogP contribution in [0.2, 0.25) is 0 Å². The molecule has 0 spiro atoms. The van der Waals surface area contributed by atoms with E-state index in [1.54, 1.807) is 0 Å². The molecule has 5 rings (SSSR count). The maximum Gasteiger partial charge on any atom is 0.222 e. The van der Waals surface area contributed by atoms with Crippen molar-refractivity contribution in [3.05, 3.63) is 42.4 Å². The highest BCUT2D eigenvalue weighted by atomic mass is 16.5. The first-order valence-corrected chi connectivity index (χ1v) is 11.4. The Bertz CT molecular complexity index is 881. The third-order valence-corrected chi connectivity index (χ3v) is 7.30. The van der Waals surface area contributed by atoms with Crippen molar-refractivity contribution in [2.24, 2.45) is 11.8 Å². The molecular weight excluding hydrogens is 378 g/mol. The number of likely N-dealkylation sites (tertiary alicyclic amines) is 1. The molecule has 0 bridgehead atoms. The number of rotatable bonds is 5. The van der Waals surface area contributed by atoms with Gasteiger partial charge in [-0.2, -0.15) is 0 Å². The van der Waals surface area contributed by atoms with Gasteiger partial charge in [0.25, 0.3) is 0 Å². The van der Waals surface area contributed by atoms with Crippen molar-refractivity contribution in [2.75, 3.05) is 26.3 Å². The van der Waals surface area contributed by atoms with Crippen molar-refractivity contribution >= 4 is 5.91 Å². The van der Waals surface area contributed by atoms with E-state index in [4.69, 9.17) is 4.74 Å². The minimum absolute atomic E-state index is 0.141. The number of nitrogens with zero attached hydrogens (tertiary/aromatic N) is 3. The summed E-state index contributed by atoms with van der Waals surface area (Å²) in [5, 5.41) is 11.1. The van der Waals surface area contributed by atoms with Crippen molar-refractivity contribution < 1.29 is 14.6 Å². The summed E-state index contributed by atoms with van der Waals surface area (Å²) in [4.78, 5) is 19.0. The number of hydrogen-bond donors (Lipinski definition) is 1. The van der Waals surface area contributed by atoms with Gasteiger partial charge in [0.2, 0.25) is 5.91 Å². The number of aliphatic hydroxyl groups excluding tert-OH is 1. The van der Waals surface area contributed by atoms with E-state index < -0.39 is 0 Å². The number of hydrogen-bond acceptors (Lipinski definition) is 4. The maximum absolute atomic E-state index is 12.7. The lowest BCUT2D eigenvalue weighted by molar-refractivity contribution is -0.135. The number of ether oxygens (including phenoxy) is 1. The molecule has 4 heterocycles. The Kier molecular flexibility index (Phi) is 5.61. The lowest BCUT2D eigenvalue weighted by Gasteiger charge is -2.36. The lowest BCUT2D eigenvalue weighted by Crippen LogP contribution is -2.42. The molecule has 1 aromatic carbocycles. The summed E-state index contributed by atoms with van der Waals surface area (Å²) in [5.41, 5.74) is 3.63. The van der Waals surface area contributed by atoms with Crippen molar-refractivity contribution in [3.8, 4) is 11.3 Å². The Balaban J connectivity index is 1.17.